The Morgan fingerprint density at radius 2 is 2.23 bits per heavy atom. The van der Waals surface area contributed by atoms with Crippen molar-refractivity contribution in [3.8, 4) is 0 Å². The minimum atomic E-state index is -3.17. The summed E-state index contributed by atoms with van der Waals surface area (Å²) in [7, 11) is -3.17. The van der Waals surface area contributed by atoms with Crippen molar-refractivity contribution in [2.75, 3.05) is 25.9 Å². The number of nitrogens with zero attached hydrogens (tertiary/aromatic N) is 1. The van der Waals surface area contributed by atoms with E-state index in [0.29, 0.717) is 30.3 Å². The zero-order valence-electron chi connectivity index (χ0n) is 12.9. The molecule has 3 N–H and O–H groups in total. The Hall–Kier alpha value is -0.960. The van der Waals surface area contributed by atoms with E-state index in [0.717, 1.165) is 24.1 Å². The zero-order valence-corrected chi connectivity index (χ0v) is 14.5. The number of nitrogens with two attached hydrogens (primary N) is 1. The van der Waals surface area contributed by atoms with Gasteiger partial charge in [0.25, 0.3) is 5.91 Å². The molecule has 1 fully saturated rings. The highest BCUT2D eigenvalue weighted by molar-refractivity contribution is 7.88. The van der Waals surface area contributed by atoms with Gasteiger partial charge in [-0.25, -0.2) is 13.1 Å². The smallest absolute Gasteiger partial charge is 0.264 e. The van der Waals surface area contributed by atoms with Gasteiger partial charge in [-0.3, -0.25) is 4.79 Å². The van der Waals surface area contributed by atoms with Gasteiger partial charge in [0.05, 0.1) is 11.1 Å². The fourth-order valence-electron chi connectivity index (χ4n) is 2.72. The highest BCUT2D eigenvalue weighted by Gasteiger charge is 2.32. The molecule has 1 saturated heterocycles. The van der Waals surface area contributed by atoms with Crippen LogP contribution in [0.5, 0.6) is 0 Å². The summed E-state index contributed by atoms with van der Waals surface area (Å²) in [5.74, 6) is 0.438. The van der Waals surface area contributed by atoms with Crippen LogP contribution in [0.15, 0.2) is 12.1 Å². The average molecular weight is 345 g/mol. The third-order valence-corrected chi connectivity index (χ3v) is 5.73. The van der Waals surface area contributed by atoms with Gasteiger partial charge < -0.3 is 10.6 Å². The fourth-order valence-corrected chi connectivity index (χ4v) is 4.16. The maximum atomic E-state index is 12.5. The van der Waals surface area contributed by atoms with Gasteiger partial charge >= 0.3 is 0 Å². The fraction of sp³-hybridized carbons (Fsp3) is 0.643. The summed E-state index contributed by atoms with van der Waals surface area (Å²) in [5, 5.41) is 0. The minimum absolute atomic E-state index is 0.0516. The summed E-state index contributed by atoms with van der Waals surface area (Å²) in [4.78, 5) is 16.1. The molecule has 0 aromatic carbocycles. The molecule has 1 aromatic rings. The molecular formula is C14H23N3O3S2. The van der Waals surface area contributed by atoms with Gasteiger partial charge in [0.15, 0.2) is 0 Å². The Labute approximate surface area is 135 Å². The number of nitrogens with one attached hydrogen (secondary N) is 1. The van der Waals surface area contributed by atoms with Crippen molar-refractivity contribution in [2.24, 2.45) is 11.7 Å². The molecule has 0 bridgehead atoms. The van der Waals surface area contributed by atoms with Crippen molar-refractivity contribution >= 4 is 27.3 Å². The van der Waals surface area contributed by atoms with Crippen LogP contribution in [0.1, 0.15) is 27.9 Å². The second-order valence-corrected chi connectivity index (χ2v) is 8.83. The Kier molecular flexibility index (Phi) is 5.60. The van der Waals surface area contributed by atoms with Crippen molar-refractivity contribution < 1.29 is 13.2 Å². The number of carbonyl (C=O) groups excluding carboxylic acids is 1. The van der Waals surface area contributed by atoms with Gasteiger partial charge in [0.1, 0.15) is 0 Å². The Balaban J connectivity index is 1.95. The van der Waals surface area contributed by atoms with E-state index in [-0.39, 0.29) is 11.9 Å². The molecule has 22 heavy (non-hydrogen) atoms. The van der Waals surface area contributed by atoms with Crippen LogP contribution in [0.2, 0.25) is 0 Å². The molecule has 2 heterocycles. The lowest BCUT2D eigenvalue weighted by atomic mass is 10.1. The summed E-state index contributed by atoms with van der Waals surface area (Å²) in [5.41, 5.74) is 5.70. The second kappa shape index (κ2) is 7.08. The molecule has 2 unspecified atom stereocenters. The van der Waals surface area contributed by atoms with E-state index in [1.54, 1.807) is 0 Å². The van der Waals surface area contributed by atoms with Crippen LogP contribution in [0, 0.1) is 5.92 Å². The monoisotopic (exact) mass is 345 g/mol. The third-order valence-electron chi connectivity index (χ3n) is 3.86. The third kappa shape index (κ3) is 4.52. The molecule has 0 radical (unpaired) electrons. The summed E-state index contributed by atoms with van der Waals surface area (Å²) in [6.07, 6.45) is 2.68. The van der Waals surface area contributed by atoms with Gasteiger partial charge in [0.2, 0.25) is 10.0 Å². The van der Waals surface area contributed by atoms with E-state index in [1.165, 1.54) is 11.3 Å². The first-order valence-electron chi connectivity index (χ1n) is 7.34. The normalized spacial score (nSPS) is 22.2. The number of amides is 1. The highest BCUT2D eigenvalue weighted by atomic mass is 32.2. The number of rotatable bonds is 6. The first-order chi connectivity index (χ1) is 10.3. The van der Waals surface area contributed by atoms with Crippen molar-refractivity contribution in [2.45, 2.75) is 25.8 Å². The van der Waals surface area contributed by atoms with E-state index in [2.05, 4.69) is 11.6 Å². The van der Waals surface area contributed by atoms with Crippen LogP contribution in [-0.4, -0.2) is 51.2 Å². The predicted octanol–water partition coefficient (Wildman–Crippen LogP) is 0.649. The van der Waals surface area contributed by atoms with Crippen molar-refractivity contribution in [1.29, 1.82) is 0 Å². The Morgan fingerprint density at radius 3 is 2.82 bits per heavy atom. The van der Waals surface area contributed by atoms with Crippen molar-refractivity contribution in [3.63, 3.8) is 0 Å². The molecule has 1 aliphatic heterocycles. The molecule has 2 atom stereocenters. The minimum Gasteiger partial charge on any atom is -0.335 e. The molecule has 6 nitrogen and oxygen atoms in total. The maximum Gasteiger partial charge on any atom is 0.264 e. The van der Waals surface area contributed by atoms with Crippen molar-refractivity contribution in [1.82, 2.24) is 9.62 Å². The van der Waals surface area contributed by atoms with E-state index in [1.807, 2.05) is 17.0 Å². The molecule has 1 amide bonds. The van der Waals surface area contributed by atoms with Crippen molar-refractivity contribution in [3.05, 3.63) is 21.9 Å². The predicted molar refractivity (Wildman–Crippen MR) is 88.5 cm³/mol. The largest absolute Gasteiger partial charge is 0.335 e. The molecule has 0 saturated carbocycles. The van der Waals surface area contributed by atoms with Gasteiger partial charge in [-0.1, -0.05) is 0 Å². The summed E-state index contributed by atoms with van der Waals surface area (Å²) < 4.78 is 24.5. The number of likely N-dealkylation sites (tertiary alicyclic amines) is 1. The van der Waals surface area contributed by atoms with Crippen LogP contribution in [-0.2, 0) is 16.4 Å². The van der Waals surface area contributed by atoms with Gasteiger partial charge in [-0.2, -0.15) is 0 Å². The summed E-state index contributed by atoms with van der Waals surface area (Å²) >= 11 is 1.43. The molecule has 1 aliphatic rings. The standard InChI is InChI=1S/C14H23N3O3S2/c1-10-7-11(8-15)9-17(10)14(18)13-4-3-12(21-13)5-6-16-22(2,19)20/h3-4,10-11,16H,5-9,15H2,1-2H3. The van der Waals surface area contributed by atoms with Gasteiger partial charge in [-0.15, -0.1) is 11.3 Å². The highest BCUT2D eigenvalue weighted by Crippen LogP contribution is 2.26. The number of hydrogen-bond donors (Lipinski definition) is 2. The summed E-state index contributed by atoms with van der Waals surface area (Å²) in [6.45, 7) is 3.74. The zero-order chi connectivity index (χ0) is 16.3. The van der Waals surface area contributed by atoms with Crippen LogP contribution >= 0.6 is 11.3 Å². The number of hydrogen-bond acceptors (Lipinski definition) is 5. The first kappa shape index (κ1) is 17.4. The maximum absolute atomic E-state index is 12.5. The van der Waals surface area contributed by atoms with Gasteiger partial charge in [-0.05, 0) is 44.4 Å². The first-order valence-corrected chi connectivity index (χ1v) is 10.1. The van der Waals surface area contributed by atoms with Crippen LogP contribution in [0.25, 0.3) is 0 Å². The van der Waals surface area contributed by atoms with Crippen LogP contribution in [0.3, 0.4) is 0 Å². The van der Waals surface area contributed by atoms with E-state index in [9.17, 15) is 13.2 Å². The molecule has 0 spiro atoms. The molecule has 8 heteroatoms. The summed E-state index contributed by atoms with van der Waals surface area (Å²) in [6, 6.07) is 3.94. The topological polar surface area (TPSA) is 92.5 Å². The van der Waals surface area contributed by atoms with E-state index in [4.69, 9.17) is 5.73 Å². The Morgan fingerprint density at radius 1 is 1.50 bits per heavy atom. The SMILES string of the molecule is CC1CC(CN)CN1C(=O)c1ccc(CCNS(C)(=O)=O)s1. The lowest BCUT2D eigenvalue weighted by Crippen LogP contribution is -2.33. The number of thiophene rings is 1. The molecular weight excluding hydrogens is 322 g/mol. The lowest BCUT2D eigenvalue weighted by molar-refractivity contribution is 0.0748. The number of sulfonamides is 1. The quantitative estimate of drug-likeness (QED) is 0.792. The molecule has 2 rings (SSSR count). The lowest BCUT2D eigenvalue weighted by Gasteiger charge is -2.20. The second-order valence-electron chi connectivity index (χ2n) is 5.83. The van der Waals surface area contributed by atoms with Crippen LogP contribution < -0.4 is 10.5 Å². The molecule has 0 aliphatic carbocycles. The van der Waals surface area contributed by atoms with Crippen LogP contribution in [0.4, 0.5) is 0 Å². The number of carbonyl (C=O) groups is 1. The van der Waals surface area contributed by atoms with E-state index >= 15 is 0 Å². The average Bonchev–Trinajstić information content (AvgIpc) is 3.03. The Bertz CT molecular complexity index is 627. The molecule has 124 valence electrons. The molecule has 1 aromatic heterocycles. The van der Waals surface area contributed by atoms with Gasteiger partial charge in [0, 0.05) is 24.0 Å². The van der Waals surface area contributed by atoms with E-state index < -0.39 is 10.0 Å².